The summed E-state index contributed by atoms with van der Waals surface area (Å²) in [6.45, 7) is 10.4. The zero-order valence-electron chi connectivity index (χ0n) is 18.3. The first-order valence-corrected chi connectivity index (χ1v) is 10.0. The van der Waals surface area contributed by atoms with Gasteiger partial charge < -0.3 is 5.32 Å². The van der Waals surface area contributed by atoms with Crippen LogP contribution in [0, 0.1) is 13.8 Å². The molecule has 3 aromatic rings. The Hall–Kier alpha value is -3.43. The Morgan fingerprint density at radius 3 is 2.55 bits per heavy atom. The van der Waals surface area contributed by atoms with Gasteiger partial charge >= 0.3 is 0 Å². The van der Waals surface area contributed by atoms with Crippen LogP contribution >= 0.6 is 0 Å². The number of amides is 1. The molecule has 1 unspecified atom stereocenters. The predicted octanol–water partition coefficient (Wildman–Crippen LogP) is 2.31. The molecule has 0 aliphatic rings. The smallest absolute Gasteiger partial charge is 0.295 e. The van der Waals surface area contributed by atoms with Crippen LogP contribution in [0.15, 0.2) is 47.9 Å². The molecule has 2 heterocycles. The summed E-state index contributed by atoms with van der Waals surface area (Å²) in [5.41, 5.74) is 3.48. The highest BCUT2D eigenvalue weighted by Crippen LogP contribution is 2.23. The Kier molecular flexibility index (Phi) is 6.57. The minimum atomic E-state index is -1.01. The molecule has 1 aromatic carbocycles. The first-order chi connectivity index (χ1) is 14.8. The quantitative estimate of drug-likeness (QED) is 0.540. The molecule has 1 atom stereocenters. The normalized spacial score (nSPS) is 12.0. The van der Waals surface area contributed by atoms with Crippen molar-refractivity contribution in [3.05, 3.63) is 70.4 Å². The molecule has 3 rings (SSSR count). The molecule has 0 saturated heterocycles. The molecule has 0 bridgehead atoms. The average Bonchev–Trinajstić information content (AvgIpc) is 3.25. The Labute approximate surface area is 180 Å². The molecule has 164 valence electrons. The standard InChI is InChI=1S/C22H28N6O3/c1-6-27-13-18(15(3)25-27)14(2)12-19(31-23)21(29)24-20-16(4)26(5)28(22(20)30)17-10-8-7-9-11-17/h7-11,13,19H,2,6,12,23H2,1,3-5H3,(H,24,29). The van der Waals surface area contributed by atoms with E-state index in [9.17, 15) is 9.59 Å². The zero-order chi connectivity index (χ0) is 22.7. The lowest BCUT2D eigenvalue weighted by Gasteiger charge is -2.15. The highest BCUT2D eigenvalue weighted by atomic mass is 16.6. The minimum absolute atomic E-state index is 0.164. The van der Waals surface area contributed by atoms with Crippen LogP contribution in [-0.2, 0) is 23.2 Å². The Bertz CT molecular complexity index is 1160. The lowest BCUT2D eigenvalue weighted by Crippen LogP contribution is -2.34. The predicted molar refractivity (Wildman–Crippen MR) is 120 cm³/mol. The number of hydrogen-bond acceptors (Lipinski definition) is 5. The number of rotatable bonds is 8. The molecule has 9 heteroatoms. The maximum Gasteiger partial charge on any atom is 0.295 e. The van der Waals surface area contributed by atoms with E-state index in [1.807, 2.05) is 50.4 Å². The van der Waals surface area contributed by atoms with E-state index < -0.39 is 12.0 Å². The third kappa shape index (κ3) is 4.37. The molecule has 9 nitrogen and oxygen atoms in total. The van der Waals surface area contributed by atoms with Crippen LogP contribution in [0.2, 0.25) is 0 Å². The highest BCUT2D eigenvalue weighted by Gasteiger charge is 2.25. The first-order valence-electron chi connectivity index (χ1n) is 10.0. The summed E-state index contributed by atoms with van der Waals surface area (Å²) < 4.78 is 4.98. The summed E-state index contributed by atoms with van der Waals surface area (Å²) in [5, 5.41) is 7.09. The monoisotopic (exact) mass is 424 g/mol. The Morgan fingerprint density at radius 1 is 1.29 bits per heavy atom. The van der Waals surface area contributed by atoms with Crippen molar-refractivity contribution in [2.45, 2.75) is 39.8 Å². The van der Waals surface area contributed by atoms with Crippen LogP contribution in [-0.4, -0.2) is 31.2 Å². The number of benzene rings is 1. The summed E-state index contributed by atoms with van der Waals surface area (Å²) >= 11 is 0. The first kappa shape index (κ1) is 22.3. The summed E-state index contributed by atoms with van der Waals surface area (Å²) in [5.74, 6) is 4.90. The number of carbonyl (C=O) groups excluding carboxylic acids is 1. The van der Waals surface area contributed by atoms with Crippen LogP contribution < -0.4 is 16.8 Å². The van der Waals surface area contributed by atoms with Gasteiger partial charge in [0.2, 0.25) is 0 Å². The van der Waals surface area contributed by atoms with Crippen LogP contribution in [0.4, 0.5) is 5.69 Å². The van der Waals surface area contributed by atoms with E-state index in [1.54, 1.807) is 23.3 Å². The second kappa shape index (κ2) is 9.15. The number of para-hydroxylation sites is 1. The molecule has 0 radical (unpaired) electrons. The molecule has 0 aliphatic carbocycles. The number of aromatic nitrogens is 4. The van der Waals surface area contributed by atoms with E-state index in [1.165, 1.54) is 4.68 Å². The molecule has 0 fully saturated rings. The maximum absolute atomic E-state index is 13.0. The second-order valence-corrected chi connectivity index (χ2v) is 7.34. The maximum atomic E-state index is 13.0. The fourth-order valence-corrected chi connectivity index (χ4v) is 3.48. The molecular weight excluding hydrogens is 396 g/mol. The molecule has 1 amide bonds. The van der Waals surface area contributed by atoms with Gasteiger partial charge in [0.15, 0.2) is 6.10 Å². The van der Waals surface area contributed by atoms with Gasteiger partial charge in [0, 0.05) is 31.8 Å². The van der Waals surface area contributed by atoms with Gasteiger partial charge in [-0.15, -0.1) is 0 Å². The number of nitrogens with two attached hydrogens (primary N) is 1. The fraction of sp³-hybridized carbons (Fsp3) is 0.318. The summed E-state index contributed by atoms with van der Waals surface area (Å²) in [4.78, 5) is 30.8. The lowest BCUT2D eigenvalue weighted by atomic mass is 10.0. The Balaban J connectivity index is 1.82. The van der Waals surface area contributed by atoms with E-state index >= 15 is 0 Å². The molecule has 31 heavy (non-hydrogen) atoms. The third-order valence-corrected chi connectivity index (χ3v) is 5.34. The Morgan fingerprint density at radius 2 is 1.97 bits per heavy atom. The highest BCUT2D eigenvalue weighted by molar-refractivity contribution is 5.95. The summed E-state index contributed by atoms with van der Waals surface area (Å²) in [6, 6.07) is 9.20. The number of carbonyl (C=O) groups is 1. The third-order valence-electron chi connectivity index (χ3n) is 5.34. The van der Waals surface area contributed by atoms with Crippen molar-refractivity contribution >= 4 is 17.2 Å². The van der Waals surface area contributed by atoms with Gasteiger partial charge in [-0.25, -0.2) is 10.6 Å². The van der Waals surface area contributed by atoms with Gasteiger partial charge in [0.25, 0.3) is 11.5 Å². The van der Waals surface area contributed by atoms with E-state index in [0.29, 0.717) is 17.0 Å². The molecular formula is C22H28N6O3. The molecule has 0 saturated carbocycles. The van der Waals surface area contributed by atoms with Crippen LogP contribution in [0.3, 0.4) is 0 Å². The van der Waals surface area contributed by atoms with E-state index in [0.717, 1.165) is 17.8 Å². The van der Waals surface area contributed by atoms with Crippen molar-refractivity contribution in [2.75, 3.05) is 5.32 Å². The number of aryl methyl sites for hydroxylation is 2. The van der Waals surface area contributed by atoms with E-state index in [2.05, 4.69) is 17.0 Å². The number of nitrogens with one attached hydrogen (secondary N) is 1. The van der Waals surface area contributed by atoms with Crippen molar-refractivity contribution in [1.82, 2.24) is 19.1 Å². The lowest BCUT2D eigenvalue weighted by molar-refractivity contribution is -0.127. The van der Waals surface area contributed by atoms with Gasteiger partial charge in [-0.3, -0.25) is 23.8 Å². The topological polar surface area (TPSA) is 109 Å². The largest absolute Gasteiger partial charge is 0.318 e. The van der Waals surface area contributed by atoms with E-state index in [-0.39, 0.29) is 17.7 Å². The van der Waals surface area contributed by atoms with Crippen molar-refractivity contribution in [1.29, 1.82) is 0 Å². The SMILES string of the molecule is C=C(CC(ON)C(=O)Nc1c(C)n(C)n(-c2ccccc2)c1=O)c1cn(CC)nc1C. The van der Waals surface area contributed by atoms with Crippen molar-refractivity contribution in [3.63, 3.8) is 0 Å². The zero-order valence-corrected chi connectivity index (χ0v) is 18.3. The molecule has 3 N–H and O–H groups in total. The fourth-order valence-electron chi connectivity index (χ4n) is 3.48. The van der Waals surface area contributed by atoms with Gasteiger partial charge in [-0.2, -0.15) is 5.10 Å². The summed E-state index contributed by atoms with van der Waals surface area (Å²) in [7, 11) is 1.76. The number of nitrogens with zero attached hydrogens (tertiary/aromatic N) is 4. The van der Waals surface area contributed by atoms with Crippen molar-refractivity contribution in [3.8, 4) is 5.69 Å². The molecule has 0 aliphatic heterocycles. The molecule has 0 spiro atoms. The van der Waals surface area contributed by atoms with Crippen molar-refractivity contribution in [2.24, 2.45) is 12.9 Å². The van der Waals surface area contributed by atoms with E-state index in [4.69, 9.17) is 10.7 Å². The van der Waals surface area contributed by atoms with Crippen LogP contribution in [0.1, 0.15) is 30.3 Å². The number of hydrogen-bond donors (Lipinski definition) is 2. The number of anilines is 1. The van der Waals surface area contributed by atoms with Gasteiger partial charge in [0.05, 0.1) is 17.1 Å². The average molecular weight is 425 g/mol. The van der Waals surface area contributed by atoms with Gasteiger partial charge in [0.1, 0.15) is 5.69 Å². The minimum Gasteiger partial charge on any atom is -0.318 e. The summed E-state index contributed by atoms with van der Waals surface area (Å²) in [6.07, 6.45) is 1.03. The molecule has 2 aromatic heterocycles. The van der Waals surface area contributed by atoms with Crippen molar-refractivity contribution < 1.29 is 9.63 Å². The van der Waals surface area contributed by atoms with Gasteiger partial charge in [-0.1, -0.05) is 24.8 Å². The van der Waals surface area contributed by atoms with Gasteiger partial charge in [-0.05, 0) is 38.5 Å². The second-order valence-electron chi connectivity index (χ2n) is 7.34. The van der Waals surface area contributed by atoms with Crippen LogP contribution in [0.5, 0.6) is 0 Å². The van der Waals surface area contributed by atoms with Crippen LogP contribution in [0.25, 0.3) is 11.3 Å².